The number of carbonyl (C=O) groups excluding carboxylic acids is 2. The third-order valence-corrected chi connectivity index (χ3v) is 7.47. The number of halogens is 3. The summed E-state index contributed by atoms with van der Waals surface area (Å²) in [6.45, 7) is 0.412. The molecule has 0 unspecified atom stereocenters. The smallest absolute Gasteiger partial charge is 0.293 e. The van der Waals surface area contributed by atoms with Gasteiger partial charge in [0.1, 0.15) is 12.4 Å². The quantitative estimate of drug-likeness (QED) is 0.215. The lowest BCUT2D eigenvalue weighted by Crippen LogP contribution is -2.27. The lowest BCUT2D eigenvalue weighted by Gasteiger charge is -2.14. The van der Waals surface area contributed by atoms with Gasteiger partial charge in [-0.1, -0.05) is 66.2 Å². The van der Waals surface area contributed by atoms with E-state index in [9.17, 15) is 14.0 Å². The normalized spacial score (nSPS) is 14.8. The lowest BCUT2D eigenvalue weighted by molar-refractivity contribution is -0.123. The molecule has 0 aromatic heterocycles. The number of fused-ring (bicyclic) bond motifs is 1. The molecule has 0 bridgehead atoms. The van der Waals surface area contributed by atoms with E-state index in [0.29, 0.717) is 25.7 Å². The van der Waals surface area contributed by atoms with Crippen LogP contribution in [0.1, 0.15) is 16.7 Å². The van der Waals surface area contributed by atoms with Gasteiger partial charge in [0.05, 0.1) is 20.9 Å². The van der Waals surface area contributed by atoms with E-state index in [1.807, 2.05) is 42.5 Å². The molecule has 1 fully saturated rings. The van der Waals surface area contributed by atoms with Gasteiger partial charge in [-0.3, -0.25) is 14.5 Å². The van der Waals surface area contributed by atoms with Crippen LogP contribution in [-0.2, 0) is 17.9 Å². The Kier molecular flexibility index (Phi) is 7.14. The van der Waals surface area contributed by atoms with Crippen molar-refractivity contribution in [3.63, 3.8) is 0 Å². The van der Waals surface area contributed by atoms with Crippen LogP contribution in [0.2, 0.25) is 5.02 Å². The fraction of sp³-hybridized carbons (Fsp3) is 0.0714. The van der Waals surface area contributed by atoms with Gasteiger partial charge in [0.2, 0.25) is 0 Å². The zero-order valence-electron chi connectivity index (χ0n) is 18.7. The van der Waals surface area contributed by atoms with Crippen LogP contribution in [0, 0.1) is 5.82 Å². The predicted octanol–water partition coefficient (Wildman–Crippen LogP) is 8.21. The van der Waals surface area contributed by atoms with Crippen molar-refractivity contribution in [3.8, 4) is 5.75 Å². The molecule has 36 heavy (non-hydrogen) atoms. The Morgan fingerprint density at radius 3 is 2.53 bits per heavy atom. The van der Waals surface area contributed by atoms with Gasteiger partial charge < -0.3 is 4.74 Å². The Labute approximate surface area is 224 Å². The van der Waals surface area contributed by atoms with Gasteiger partial charge in [-0.2, -0.15) is 0 Å². The van der Waals surface area contributed by atoms with E-state index in [1.165, 1.54) is 17.0 Å². The summed E-state index contributed by atoms with van der Waals surface area (Å²) in [6, 6.07) is 23.2. The molecule has 0 N–H and O–H groups in total. The van der Waals surface area contributed by atoms with Gasteiger partial charge in [0.25, 0.3) is 11.1 Å². The number of benzene rings is 4. The molecular weight excluding hydrogens is 565 g/mol. The van der Waals surface area contributed by atoms with E-state index in [1.54, 1.807) is 30.3 Å². The van der Waals surface area contributed by atoms with E-state index in [4.69, 9.17) is 16.3 Å². The molecule has 180 valence electrons. The summed E-state index contributed by atoms with van der Waals surface area (Å²) in [5.41, 5.74) is 2.35. The number of nitrogens with zero attached hydrogens (tertiary/aromatic N) is 1. The van der Waals surface area contributed by atoms with Crippen molar-refractivity contribution in [3.05, 3.63) is 116 Å². The van der Waals surface area contributed by atoms with Crippen molar-refractivity contribution in [2.24, 2.45) is 0 Å². The standard InChI is InChI=1S/C28H18BrClFNO3S/c29-23-12-18(13-24(30)26(23)35-16-17-8-10-21(31)11-9-17)14-25-27(33)32(28(34)36-25)15-20-6-3-5-19-4-1-2-7-22(19)20/h1-14H,15-16H2/b25-14+. The molecule has 1 saturated heterocycles. The monoisotopic (exact) mass is 581 g/mol. The second-order valence-corrected chi connectivity index (χ2v) is 10.4. The number of ether oxygens (including phenoxy) is 1. The molecule has 1 aliphatic heterocycles. The maximum absolute atomic E-state index is 13.1. The second-order valence-electron chi connectivity index (χ2n) is 8.13. The zero-order valence-corrected chi connectivity index (χ0v) is 21.9. The Morgan fingerprint density at radius 1 is 1.00 bits per heavy atom. The van der Waals surface area contributed by atoms with Gasteiger partial charge in [0.15, 0.2) is 5.75 Å². The van der Waals surface area contributed by atoms with Crippen LogP contribution in [0.4, 0.5) is 9.18 Å². The van der Waals surface area contributed by atoms with Gasteiger partial charge in [0, 0.05) is 0 Å². The summed E-state index contributed by atoms with van der Waals surface area (Å²) in [5.74, 6) is -0.229. The zero-order chi connectivity index (χ0) is 25.2. The molecule has 1 aliphatic rings. The number of rotatable bonds is 6. The summed E-state index contributed by atoms with van der Waals surface area (Å²) >= 11 is 10.8. The number of hydrogen-bond acceptors (Lipinski definition) is 4. The molecule has 5 rings (SSSR count). The minimum Gasteiger partial charge on any atom is -0.486 e. The number of thioether (sulfide) groups is 1. The van der Waals surface area contributed by atoms with Crippen molar-refractivity contribution >= 4 is 67.3 Å². The van der Waals surface area contributed by atoms with Crippen molar-refractivity contribution < 1.29 is 18.7 Å². The van der Waals surface area contributed by atoms with Crippen molar-refractivity contribution in [2.75, 3.05) is 0 Å². The summed E-state index contributed by atoms with van der Waals surface area (Å²) in [4.78, 5) is 27.4. The van der Waals surface area contributed by atoms with Gasteiger partial charge in [-0.25, -0.2) is 4.39 Å². The summed E-state index contributed by atoms with van der Waals surface area (Å²) < 4.78 is 19.5. The van der Waals surface area contributed by atoms with Crippen LogP contribution in [0.15, 0.2) is 88.2 Å². The van der Waals surface area contributed by atoms with Gasteiger partial charge in [-0.05, 0) is 85.5 Å². The SMILES string of the molecule is O=C1S/C(=C/c2cc(Cl)c(OCc3ccc(F)cc3)c(Br)c2)C(=O)N1Cc1cccc2ccccc12. The summed E-state index contributed by atoms with van der Waals surface area (Å²) in [6.07, 6.45) is 1.65. The Bertz CT molecular complexity index is 1500. The molecule has 4 aromatic rings. The van der Waals surface area contributed by atoms with E-state index < -0.39 is 0 Å². The first-order valence-electron chi connectivity index (χ1n) is 11.0. The topological polar surface area (TPSA) is 46.6 Å². The fourth-order valence-corrected chi connectivity index (χ4v) is 5.75. The van der Waals surface area contributed by atoms with E-state index in [-0.39, 0.29) is 30.1 Å². The molecule has 0 aliphatic carbocycles. The third kappa shape index (κ3) is 5.19. The first-order chi connectivity index (χ1) is 17.4. The van der Waals surface area contributed by atoms with Crippen LogP contribution in [-0.4, -0.2) is 16.0 Å². The Morgan fingerprint density at radius 2 is 1.75 bits per heavy atom. The molecule has 4 nitrogen and oxygen atoms in total. The minimum absolute atomic E-state index is 0.198. The van der Waals surface area contributed by atoms with E-state index in [2.05, 4.69) is 15.9 Å². The molecule has 4 aromatic carbocycles. The van der Waals surface area contributed by atoms with Crippen molar-refractivity contribution in [1.29, 1.82) is 0 Å². The average molecular weight is 583 g/mol. The number of hydrogen-bond donors (Lipinski definition) is 0. The lowest BCUT2D eigenvalue weighted by atomic mass is 10.0. The molecular formula is C28H18BrClFNO3S. The molecule has 0 spiro atoms. The number of imide groups is 1. The van der Waals surface area contributed by atoms with E-state index >= 15 is 0 Å². The number of amides is 2. The predicted molar refractivity (Wildman–Crippen MR) is 145 cm³/mol. The largest absolute Gasteiger partial charge is 0.486 e. The Balaban J connectivity index is 1.34. The van der Waals surface area contributed by atoms with Gasteiger partial charge >= 0.3 is 0 Å². The highest BCUT2D eigenvalue weighted by Gasteiger charge is 2.35. The molecule has 1 heterocycles. The highest BCUT2D eigenvalue weighted by molar-refractivity contribution is 9.10. The highest BCUT2D eigenvalue weighted by Crippen LogP contribution is 2.38. The average Bonchev–Trinajstić information content (AvgIpc) is 3.12. The minimum atomic E-state index is -0.346. The maximum atomic E-state index is 13.1. The van der Waals surface area contributed by atoms with Crippen molar-refractivity contribution in [2.45, 2.75) is 13.2 Å². The molecule has 0 atom stereocenters. The maximum Gasteiger partial charge on any atom is 0.293 e. The summed E-state index contributed by atoms with van der Waals surface area (Å²) in [5, 5.41) is 2.09. The highest BCUT2D eigenvalue weighted by atomic mass is 79.9. The third-order valence-electron chi connectivity index (χ3n) is 5.70. The molecule has 2 amide bonds. The van der Waals surface area contributed by atoms with Gasteiger partial charge in [-0.15, -0.1) is 0 Å². The summed E-state index contributed by atoms with van der Waals surface area (Å²) in [7, 11) is 0. The molecule has 0 saturated carbocycles. The van der Waals surface area contributed by atoms with Crippen LogP contribution in [0.3, 0.4) is 0 Å². The van der Waals surface area contributed by atoms with Crippen LogP contribution in [0.25, 0.3) is 16.8 Å². The van der Waals surface area contributed by atoms with Crippen LogP contribution >= 0.6 is 39.3 Å². The van der Waals surface area contributed by atoms with Crippen molar-refractivity contribution in [1.82, 2.24) is 4.90 Å². The van der Waals surface area contributed by atoms with E-state index in [0.717, 1.165) is 33.7 Å². The van der Waals surface area contributed by atoms with Crippen LogP contribution < -0.4 is 4.74 Å². The Hall–Kier alpha value is -3.13. The molecule has 0 radical (unpaired) electrons. The first-order valence-corrected chi connectivity index (χ1v) is 13.0. The molecule has 8 heteroatoms. The number of carbonyl (C=O) groups is 2. The fourth-order valence-electron chi connectivity index (χ4n) is 3.93. The second kappa shape index (κ2) is 10.5. The first kappa shape index (κ1) is 24.6. The van der Waals surface area contributed by atoms with Crippen LogP contribution in [0.5, 0.6) is 5.75 Å².